The lowest BCUT2D eigenvalue weighted by Crippen LogP contribution is -2.44. The summed E-state index contributed by atoms with van der Waals surface area (Å²) in [7, 11) is 1.94. The van der Waals surface area contributed by atoms with Crippen molar-refractivity contribution < 1.29 is 5.11 Å². The molecule has 2 aromatic rings. The number of nitrogens with one attached hydrogen (secondary N) is 1. The third-order valence-corrected chi connectivity index (χ3v) is 4.29. The minimum atomic E-state index is -0.115. The van der Waals surface area contributed by atoms with Crippen molar-refractivity contribution in [3.8, 4) is 0 Å². The van der Waals surface area contributed by atoms with E-state index >= 15 is 0 Å². The molecule has 3 rings (SSSR count). The monoisotopic (exact) mass is 245 g/mol. The van der Waals surface area contributed by atoms with Gasteiger partial charge >= 0.3 is 0 Å². The fourth-order valence-corrected chi connectivity index (χ4v) is 3.05. The Morgan fingerprint density at radius 2 is 2.33 bits per heavy atom. The zero-order valence-electron chi connectivity index (χ0n) is 10.6. The second-order valence-corrected chi connectivity index (χ2v) is 5.23. The van der Waals surface area contributed by atoms with E-state index in [1.807, 2.05) is 31.6 Å². The second kappa shape index (κ2) is 4.37. The SMILES string of the molecule is CNC1(CO)CCC(n2cnc3ccccc32)C1. The first-order valence-electron chi connectivity index (χ1n) is 6.49. The van der Waals surface area contributed by atoms with Crippen LogP contribution in [0.1, 0.15) is 25.3 Å². The summed E-state index contributed by atoms with van der Waals surface area (Å²) in [5.74, 6) is 0. The van der Waals surface area contributed by atoms with Crippen molar-refractivity contribution in [3.05, 3.63) is 30.6 Å². The van der Waals surface area contributed by atoms with Crippen molar-refractivity contribution in [2.24, 2.45) is 0 Å². The van der Waals surface area contributed by atoms with Gasteiger partial charge in [0.15, 0.2) is 0 Å². The average Bonchev–Trinajstić information content (AvgIpc) is 3.03. The first-order chi connectivity index (χ1) is 8.78. The number of imidazole rings is 1. The number of aliphatic hydroxyl groups is 1. The highest BCUT2D eigenvalue weighted by Crippen LogP contribution is 2.38. The number of hydrogen-bond donors (Lipinski definition) is 2. The molecule has 0 aliphatic heterocycles. The molecule has 18 heavy (non-hydrogen) atoms. The number of hydrogen-bond acceptors (Lipinski definition) is 3. The Labute approximate surface area is 107 Å². The number of nitrogens with zero attached hydrogens (tertiary/aromatic N) is 2. The van der Waals surface area contributed by atoms with Gasteiger partial charge in [0, 0.05) is 11.6 Å². The molecular formula is C14H19N3O. The molecular weight excluding hydrogens is 226 g/mol. The summed E-state index contributed by atoms with van der Waals surface area (Å²) in [5, 5.41) is 12.8. The topological polar surface area (TPSA) is 50.1 Å². The van der Waals surface area contributed by atoms with Gasteiger partial charge in [-0.2, -0.15) is 0 Å². The molecule has 2 unspecified atom stereocenters. The van der Waals surface area contributed by atoms with Gasteiger partial charge in [0.1, 0.15) is 0 Å². The normalized spacial score (nSPS) is 28.0. The van der Waals surface area contributed by atoms with Crippen LogP contribution < -0.4 is 5.32 Å². The number of likely N-dealkylation sites (N-methyl/N-ethyl adjacent to an activating group) is 1. The van der Waals surface area contributed by atoms with Crippen LogP contribution in [-0.4, -0.2) is 33.9 Å². The molecule has 4 heteroatoms. The molecule has 1 aliphatic carbocycles. The molecule has 2 atom stereocenters. The van der Waals surface area contributed by atoms with E-state index in [-0.39, 0.29) is 12.1 Å². The van der Waals surface area contributed by atoms with Crippen LogP contribution in [0, 0.1) is 0 Å². The molecule has 2 N–H and O–H groups in total. The number of fused-ring (bicyclic) bond motifs is 1. The van der Waals surface area contributed by atoms with E-state index in [2.05, 4.69) is 20.9 Å². The third-order valence-electron chi connectivity index (χ3n) is 4.29. The van der Waals surface area contributed by atoms with Crippen molar-refractivity contribution in [1.29, 1.82) is 0 Å². The van der Waals surface area contributed by atoms with E-state index in [1.165, 1.54) is 5.52 Å². The van der Waals surface area contributed by atoms with Gasteiger partial charge in [0.05, 0.1) is 24.0 Å². The molecule has 0 amide bonds. The molecule has 1 aromatic heterocycles. The van der Waals surface area contributed by atoms with Crippen molar-refractivity contribution in [2.45, 2.75) is 30.8 Å². The van der Waals surface area contributed by atoms with E-state index < -0.39 is 0 Å². The van der Waals surface area contributed by atoms with Crippen LogP contribution in [0.15, 0.2) is 30.6 Å². The summed E-state index contributed by atoms with van der Waals surface area (Å²) in [6.45, 7) is 0.201. The smallest absolute Gasteiger partial charge is 0.0960 e. The van der Waals surface area contributed by atoms with Crippen LogP contribution in [0.5, 0.6) is 0 Å². The zero-order chi connectivity index (χ0) is 12.6. The Bertz CT molecular complexity index is 545. The summed E-state index contributed by atoms with van der Waals surface area (Å²) in [6.07, 6.45) is 4.98. The minimum Gasteiger partial charge on any atom is -0.394 e. The van der Waals surface area contributed by atoms with Gasteiger partial charge in [-0.1, -0.05) is 12.1 Å². The van der Waals surface area contributed by atoms with Crippen molar-refractivity contribution in [3.63, 3.8) is 0 Å². The third kappa shape index (κ3) is 1.72. The van der Waals surface area contributed by atoms with Crippen LogP contribution in [-0.2, 0) is 0 Å². The van der Waals surface area contributed by atoms with E-state index in [4.69, 9.17) is 0 Å². The molecule has 1 fully saturated rings. The quantitative estimate of drug-likeness (QED) is 0.865. The van der Waals surface area contributed by atoms with Crippen LogP contribution in [0.2, 0.25) is 0 Å². The summed E-state index contributed by atoms with van der Waals surface area (Å²) in [5.41, 5.74) is 2.12. The van der Waals surface area contributed by atoms with Crippen molar-refractivity contribution >= 4 is 11.0 Å². The second-order valence-electron chi connectivity index (χ2n) is 5.23. The van der Waals surface area contributed by atoms with Gasteiger partial charge in [0.25, 0.3) is 0 Å². The van der Waals surface area contributed by atoms with E-state index in [0.717, 1.165) is 24.8 Å². The maximum atomic E-state index is 9.56. The van der Waals surface area contributed by atoms with E-state index in [9.17, 15) is 5.11 Å². The Hall–Kier alpha value is -1.39. The molecule has 1 aliphatic rings. The first-order valence-corrected chi connectivity index (χ1v) is 6.49. The Morgan fingerprint density at radius 1 is 1.50 bits per heavy atom. The van der Waals surface area contributed by atoms with Crippen molar-refractivity contribution in [2.75, 3.05) is 13.7 Å². The highest BCUT2D eigenvalue weighted by Gasteiger charge is 2.38. The van der Waals surface area contributed by atoms with Gasteiger partial charge < -0.3 is 15.0 Å². The predicted molar refractivity (Wildman–Crippen MR) is 71.5 cm³/mol. The summed E-state index contributed by atoms with van der Waals surface area (Å²) in [6, 6.07) is 8.64. The van der Waals surface area contributed by atoms with Crippen LogP contribution in [0.4, 0.5) is 0 Å². The van der Waals surface area contributed by atoms with E-state index in [0.29, 0.717) is 6.04 Å². The summed E-state index contributed by atoms with van der Waals surface area (Å²) in [4.78, 5) is 4.44. The van der Waals surface area contributed by atoms with Crippen LogP contribution in [0.3, 0.4) is 0 Å². The maximum absolute atomic E-state index is 9.56. The average molecular weight is 245 g/mol. The molecule has 0 radical (unpaired) electrons. The molecule has 0 spiro atoms. The number of para-hydroxylation sites is 2. The van der Waals surface area contributed by atoms with Crippen molar-refractivity contribution in [1.82, 2.24) is 14.9 Å². The van der Waals surface area contributed by atoms with Gasteiger partial charge in [-0.15, -0.1) is 0 Å². The highest BCUT2D eigenvalue weighted by atomic mass is 16.3. The number of aliphatic hydroxyl groups excluding tert-OH is 1. The molecule has 1 aromatic carbocycles. The molecule has 4 nitrogen and oxygen atoms in total. The van der Waals surface area contributed by atoms with Gasteiger partial charge in [-0.25, -0.2) is 4.98 Å². The Kier molecular flexibility index (Phi) is 2.84. The van der Waals surface area contributed by atoms with Gasteiger partial charge in [0.2, 0.25) is 0 Å². The lowest BCUT2D eigenvalue weighted by molar-refractivity contribution is 0.169. The predicted octanol–water partition coefficient (Wildman–Crippen LogP) is 1.71. The number of aromatic nitrogens is 2. The molecule has 96 valence electrons. The lowest BCUT2D eigenvalue weighted by Gasteiger charge is -2.26. The Balaban J connectivity index is 1.93. The minimum absolute atomic E-state index is 0.115. The van der Waals surface area contributed by atoms with Crippen LogP contribution >= 0.6 is 0 Å². The van der Waals surface area contributed by atoms with Gasteiger partial charge in [-0.05, 0) is 38.4 Å². The lowest BCUT2D eigenvalue weighted by atomic mass is 9.99. The number of rotatable bonds is 3. The molecule has 1 heterocycles. The molecule has 1 saturated carbocycles. The van der Waals surface area contributed by atoms with E-state index in [1.54, 1.807) is 0 Å². The van der Waals surface area contributed by atoms with Crippen LogP contribution in [0.25, 0.3) is 11.0 Å². The maximum Gasteiger partial charge on any atom is 0.0960 e. The molecule has 0 bridgehead atoms. The summed E-state index contributed by atoms with van der Waals surface area (Å²) < 4.78 is 2.25. The summed E-state index contributed by atoms with van der Waals surface area (Å²) >= 11 is 0. The Morgan fingerprint density at radius 3 is 3.06 bits per heavy atom. The zero-order valence-corrected chi connectivity index (χ0v) is 10.6. The fourth-order valence-electron chi connectivity index (χ4n) is 3.05. The first kappa shape index (κ1) is 11.7. The highest BCUT2D eigenvalue weighted by molar-refractivity contribution is 5.75. The van der Waals surface area contributed by atoms with Gasteiger partial charge in [-0.3, -0.25) is 0 Å². The fraction of sp³-hybridized carbons (Fsp3) is 0.500. The standard InChI is InChI=1S/C14H19N3O/c1-15-14(9-18)7-6-11(8-14)17-10-16-12-4-2-3-5-13(12)17/h2-5,10-11,15,18H,6-9H2,1H3. The largest absolute Gasteiger partial charge is 0.394 e. The number of benzene rings is 1. The molecule has 0 saturated heterocycles.